The Balaban J connectivity index is 1.50. The summed E-state index contributed by atoms with van der Waals surface area (Å²) < 4.78 is 10.1. The lowest BCUT2D eigenvalue weighted by molar-refractivity contribution is -0.123. The standard InChI is InChI=1S/C21H18N2O4/c1-26-21(25)17-8-6-15(7-9-17)13-22-23-20(24)14-27-19-11-10-16-4-2-3-5-18(16)12-19/h2-13H,14H2,1H3,(H,23,24)/b22-13-. The molecule has 0 radical (unpaired) electrons. The molecule has 3 aromatic rings. The summed E-state index contributed by atoms with van der Waals surface area (Å²) in [4.78, 5) is 23.2. The number of hydrazone groups is 1. The molecule has 0 aliphatic carbocycles. The molecule has 0 aromatic heterocycles. The van der Waals surface area contributed by atoms with Crippen LogP contribution in [-0.2, 0) is 9.53 Å². The van der Waals surface area contributed by atoms with Crippen LogP contribution in [-0.4, -0.2) is 31.8 Å². The van der Waals surface area contributed by atoms with Gasteiger partial charge < -0.3 is 9.47 Å². The molecular weight excluding hydrogens is 344 g/mol. The molecule has 0 aliphatic rings. The number of hydrogen-bond donors (Lipinski definition) is 1. The Labute approximate surface area is 156 Å². The molecule has 0 fully saturated rings. The predicted octanol–water partition coefficient (Wildman–Crippen LogP) is 3.16. The van der Waals surface area contributed by atoms with Crippen molar-refractivity contribution in [3.8, 4) is 5.75 Å². The van der Waals surface area contributed by atoms with Crippen molar-refractivity contribution in [3.63, 3.8) is 0 Å². The molecular formula is C21H18N2O4. The molecule has 3 aromatic carbocycles. The van der Waals surface area contributed by atoms with Crippen molar-refractivity contribution in [2.24, 2.45) is 5.10 Å². The van der Waals surface area contributed by atoms with E-state index in [-0.39, 0.29) is 12.5 Å². The number of fused-ring (bicyclic) bond motifs is 1. The molecule has 0 bridgehead atoms. The number of carbonyl (C=O) groups excluding carboxylic acids is 2. The molecule has 0 aliphatic heterocycles. The highest BCUT2D eigenvalue weighted by Gasteiger charge is 2.04. The van der Waals surface area contributed by atoms with Gasteiger partial charge in [0.05, 0.1) is 18.9 Å². The third kappa shape index (κ3) is 4.92. The Hall–Kier alpha value is -3.67. The fraction of sp³-hybridized carbons (Fsp3) is 0.0952. The first kappa shape index (κ1) is 18.1. The lowest BCUT2D eigenvalue weighted by atomic mass is 10.1. The summed E-state index contributed by atoms with van der Waals surface area (Å²) in [6.45, 7) is -0.142. The van der Waals surface area contributed by atoms with Crippen molar-refractivity contribution in [3.05, 3.63) is 77.9 Å². The van der Waals surface area contributed by atoms with E-state index in [4.69, 9.17) is 4.74 Å². The minimum absolute atomic E-state index is 0.142. The summed E-state index contributed by atoms with van der Waals surface area (Å²) in [5.41, 5.74) is 3.58. The van der Waals surface area contributed by atoms with E-state index in [1.807, 2.05) is 42.5 Å². The van der Waals surface area contributed by atoms with E-state index >= 15 is 0 Å². The molecule has 1 amide bonds. The molecule has 0 atom stereocenters. The van der Waals surface area contributed by atoms with Crippen LogP contribution in [0.2, 0.25) is 0 Å². The Morgan fingerprint density at radius 1 is 1.00 bits per heavy atom. The summed E-state index contributed by atoms with van der Waals surface area (Å²) in [5.74, 6) is -0.158. The van der Waals surface area contributed by atoms with Gasteiger partial charge in [-0.1, -0.05) is 42.5 Å². The van der Waals surface area contributed by atoms with Crippen molar-refractivity contribution >= 4 is 28.9 Å². The monoisotopic (exact) mass is 362 g/mol. The smallest absolute Gasteiger partial charge is 0.337 e. The number of methoxy groups -OCH3 is 1. The summed E-state index contributed by atoms with van der Waals surface area (Å²) in [6, 6.07) is 20.2. The number of benzene rings is 3. The molecule has 3 rings (SSSR count). The highest BCUT2D eigenvalue weighted by Crippen LogP contribution is 2.20. The number of hydrogen-bond acceptors (Lipinski definition) is 5. The fourth-order valence-corrected chi connectivity index (χ4v) is 2.44. The maximum Gasteiger partial charge on any atom is 0.337 e. The summed E-state index contributed by atoms with van der Waals surface area (Å²) in [5, 5.41) is 6.03. The van der Waals surface area contributed by atoms with E-state index < -0.39 is 5.97 Å². The van der Waals surface area contributed by atoms with Crippen LogP contribution in [0, 0.1) is 0 Å². The number of esters is 1. The van der Waals surface area contributed by atoms with Crippen molar-refractivity contribution in [1.29, 1.82) is 0 Å². The van der Waals surface area contributed by atoms with Gasteiger partial charge in [-0.2, -0.15) is 5.10 Å². The molecule has 136 valence electrons. The second-order valence-corrected chi connectivity index (χ2v) is 5.70. The van der Waals surface area contributed by atoms with E-state index in [9.17, 15) is 9.59 Å². The average Bonchev–Trinajstić information content (AvgIpc) is 2.72. The fourth-order valence-electron chi connectivity index (χ4n) is 2.44. The first-order chi connectivity index (χ1) is 13.2. The molecule has 27 heavy (non-hydrogen) atoms. The Morgan fingerprint density at radius 3 is 2.48 bits per heavy atom. The number of carbonyl (C=O) groups is 2. The molecule has 6 heteroatoms. The molecule has 0 saturated heterocycles. The van der Waals surface area contributed by atoms with Crippen LogP contribution in [0.25, 0.3) is 10.8 Å². The second-order valence-electron chi connectivity index (χ2n) is 5.70. The van der Waals surface area contributed by atoms with E-state index in [0.717, 1.165) is 16.3 Å². The SMILES string of the molecule is COC(=O)c1ccc(/C=N\NC(=O)COc2ccc3ccccc3c2)cc1. The van der Waals surface area contributed by atoms with Gasteiger partial charge in [-0.15, -0.1) is 0 Å². The molecule has 0 spiro atoms. The third-order valence-corrected chi connectivity index (χ3v) is 3.83. The number of nitrogens with zero attached hydrogens (tertiary/aromatic N) is 1. The highest BCUT2D eigenvalue weighted by molar-refractivity contribution is 5.91. The molecule has 0 unspecified atom stereocenters. The quantitative estimate of drug-likeness (QED) is 0.415. The van der Waals surface area contributed by atoms with Gasteiger partial charge in [-0.05, 0) is 40.6 Å². The molecule has 1 N–H and O–H groups in total. The van der Waals surface area contributed by atoms with Crippen LogP contribution in [0.1, 0.15) is 15.9 Å². The summed E-state index contributed by atoms with van der Waals surface area (Å²) in [7, 11) is 1.33. The molecule has 6 nitrogen and oxygen atoms in total. The van der Waals surface area contributed by atoms with Gasteiger partial charge in [0, 0.05) is 0 Å². The number of rotatable bonds is 6. The van der Waals surface area contributed by atoms with E-state index in [2.05, 4.69) is 15.3 Å². The molecule has 0 heterocycles. The Kier molecular flexibility index (Phi) is 5.79. The average molecular weight is 362 g/mol. The van der Waals surface area contributed by atoms with Crippen LogP contribution in [0.3, 0.4) is 0 Å². The van der Waals surface area contributed by atoms with Crippen LogP contribution in [0.5, 0.6) is 5.75 Å². The van der Waals surface area contributed by atoms with E-state index in [0.29, 0.717) is 11.3 Å². The van der Waals surface area contributed by atoms with Crippen LogP contribution in [0.4, 0.5) is 0 Å². The Bertz CT molecular complexity index is 981. The predicted molar refractivity (Wildman–Crippen MR) is 103 cm³/mol. The van der Waals surface area contributed by atoms with E-state index in [1.165, 1.54) is 13.3 Å². The van der Waals surface area contributed by atoms with Crippen LogP contribution >= 0.6 is 0 Å². The van der Waals surface area contributed by atoms with Gasteiger partial charge in [0.1, 0.15) is 5.75 Å². The summed E-state index contributed by atoms with van der Waals surface area (Å²) in [6.07, 6.45) is 1.48. The van der Waals surface area contributed by atoms with Gasteiger partial charge in [-0.3, -0.25) is 4.79 Å². The second kappa shape index (κ2) is 8.62. The minimum Gasteiger partial charge on any atom is -0.484 e. The van der Waals surface area contributed by atoms with Crippen molar-refractivity contribution in [1.82, 2.24) is 5.43 Å². The number of amides is 1. The zero-order chi connectivity index (χ0) is 19.1. The molecule has 0 saturated carbocycles. The van der Waals surface area contributed by atoms with Crippen molar-refractivity contribution in [2.45, 2.75) is 0 Å². The highest BCUT2D eigenvalue weighted by atomic mass is 16.5. The maximum absolute atomic E-state index is 11.8. The van der Waals surface area contributed by atoms with Crippen molar-refractivity contribution < 1.29 is 19.1 Å². The zero-order valence-electron chi connectivity index (χ0n) is 14.7. The van der Waals surface area contributed by atoms with Gasteiger partial charge in [-0.25, -0.2) is 10.2 Å². The van der Waals surface area contributed by atoms with Gasteiger partial charge in [0.2, 0.25) is 0 Å². The van der Waals surface area contributed by atoms with Crippen LogP contribution < -0.4 is 10.2 Å². The zero-order valence-corrected chi connectivity index (χ0v) is 14.7. The maximum atomic E-state index is 11.8. The third-order valence-electron chi connectivity index (χ3n) is 3.83. The van der Waals surface area contributed by atoms with E-state index in [1.54, 1.807) is 24.3 Å². The largest absolute Gasteiger partial charge is 0.484 e. The first-order valence-electron chi connectivity index (χ1n) is 8.27. The lowest BCUT2D eigenvalue weighted by Gasteiger charge is -2.06. The van der Waals surface area contributed by atoms with Crippen molar-refractivity contribution in [2.75, 3.05) is 13.7 Å². The number of ether oxygens (including phenoxy) is 2. The first-order valence-corrected chi connectivity index (χ1v) is 8.27. The number of nitrogens with one attached hydrogen (secondary N) is 1. The van der Waals surface area contributed by atoms with Crippen LogP contribution in [0.15, 0.2) is 71.8 Å². The Morgan fingerprint density at radius 2 is 1.74 bits per heavy atom. The van der Waals surface area contributed by atoms with Gasteiger partial charge in [0.25, 0.3) is 5.91 Å². The normalized spacial score (nSPS) is 10.7. The topological polar surface area (TPSA) is 77.0 Å². The lowest BCUT2D eigenvalue weighted by Crippen LogP contribution is -2.24. The minimum atomic E-state index is -0.405. The summed E-state index contributed by atoms with van der Waals surface area (Å²) >= 11 is 0. The van der Waals surface area contributed by atoms with Gasteiger partial charge in [0.15, 0.2) is 6.61 Å². The van der Waals surface area contributed by atoms with Gasteiger partial charge >= 0.3 is 5.97 Å².